The van der Waals surface area contributed by atoms with E-state index >= 15 is 0 Å². The molecular weight excluding hydrogens is 240 g/mol. The monoisotopic (exact) mass is 255 g/mol. The lowest BCUT2D eigenvalue weighted by Crippen LogP contribution is -2.49. The molecule has 1 aromatic carbocycles. The van der Waals surface area contributed by atoms with Crippen LogP contribution in [-0.4, -0.2) is 24.6 Å². The molecule has 3 nitrogen and oxygen atoms in total. The van der Waals surface area contributed by atoms with Gasteiger partial charge >= 0.3 is 0 Å². The van der Waals surface area contributed by atoms with Crippen LogP contribution in [-0.2, 0) is 5.60 Å². The summed E-state index contributed by atoms with van der Waals surface area (Å²) in [6.07, 6.45) is -1.15. The smallest absolute Gasteiger partial charge is 0.256 e. The van der Waals surface area contributed by atoms with Crippen molar-refractivity contribution in [3.63, 3.8) is 0 Å². The fourth-order valence-electron chi connectivity index (χ4n) is 2.10. The second-order valence-corrected chi connectivity index (χ2v) is 4.42. The summed E-state index contributed by atoms with van der Waals surface area (Å²) < 4.78 is 31.0. The SMILES string of the molecule is CNC(C(F)F)C(C)(O)c1ccc2ccoc2c1. The summed E-state index contributed by atoms with van der Waals surface area (Å²) in [6.45, 7) is 1.37. The van der Waals surface area contributed by atoms with Crippen LogP contribution in [0.5, 0.6) is 0 Å². The quantitative estimate of drug-likeness (QED) is 0.882. The van der Waals surface area contributed by atoms with Gasteiger partial charge in [-0.3, -0.25) is 0 Å². The Morgan fingerprint density at radius 3 is 2.67 bits per heavy atom. The molecule has 0 saturated carbocycles. The Morgan fingerprint density at radius 2 is 2.06 bits per heavy atom. The van der Waals surface area contributed by atoms with Gasteiger partial charge in [0.1, 0.15) is 17.2 Å². The molecule has 0 aliphatic carbocycles. The van der Waals surface area contributed by atoms with Gasteiger partial charge < -0.3 is 14.8 Å². The molecule has 0 fully saturated rings. The van der Waals surface area contributed by atoms with E-state index in [1.54, 1.807) is 24.3 Å². The number of halogens is 2. The average Bonchev–Trinajstić information content (AvgIpc) is 2.75. The van der Waals surface area contributed by atoms with Gasteiger partial charge in [0.05, 0.1) is 6.26 Å². The first-order valence-corrected chi connectivity index (χ1v) is 5.62. The Labute approximate surface area is 103 Å². The lowest BCUT2D eigenvalue weighted by Gasteiger charge is -2.32. The van der Waals surface area contributed by atoms with Crippen molar-refractivity contribution in [2.24, 2.45) is 0 Å². The largest absolute Gasteiger partial charge is 0.464 e. The van der Waals surface area contributed by atoms with Crippen molar-refractivity contribution < 1.29 is 18.3 Å². The molecule has 0 saturated heterocycles. The highest BCUT2D eigenvalue weighted by Crippen LogP contribution is 2.30. The number of hydrogen-bond donors (Lipinski definition) is 2. The normalized spacial score (nSPS) is 17.0. The van der Waals surface area contributed by atoms with Crippen LogP contribution in [0.15, 0.2) is 34.9 Å². The van der Waals surface area contributed by atoms with Gasteiger partial charge in [0, 0.05) is 5.39 Å². The number of fused-ring (bicyclic) bond motifs is 1. The zero-order valence-electron chi connectivity index (χ0n) is 10.2. The standard InChI is InChI=1S/C13H15F2NO2/c1-13(17,11(16-2)12(14)15)9-4-3-8-5-6-18-10(8)7-9/h3-7,11-12,16-17H,1-2H3. The minimum atomic E-state index is -2.67. The number of hydrogen-bond acceptors (Lipinski definition) is 3. The average molecular weight is 255 g/mol. The molecule has 18 heavy (non-hydrogen) atoms. The molecule has 0 aliphatic rings. The van der Waals surface area contributed by atoms with Gasteiger partial charge in [-0.1, -0.05) is 12.1 Å². The maximum absolute atomic E-state index is 12.9. The van der Waals surface area contributed by atoms with Crippen LogP contribution < -0.4 is 5.32 Å². The van der Waals surface area contributed by atoms with Gasteiger partial charge in [0.25, 0.3) is 6.43 Å². The minimum Gasteiger partial charge on any atom is -0.464 e. The van der Waals surface area contributed by atoms with Crippen LogP contribution in [0, 0.1) is 0 Å². The zero-order valence-corrected chi connectivity index (χ0v) is 10.2. The van der Waals surface area contributed by atoms with E-state index in [0.717, 1.165) is 5.39 Å². The van der Waals surface area contributed by atoms with Crippen molar-refractivity contribution in [3.8, 4) is 0 Å². The summed E-state index contributed by atoms with van der Waals surface area (Å²) in [7, 11) is 1.40. The fourth-order valence-corrected chi connectivity index (χ4v) is 2.10. The first kappa shape index (κ1) is 13.0. The third-order valence-electron chi connectivity index (χ3n) is 3.21. The highest BCUT2D eigenvalue weighted by atomic mass is 19.3. The van der Waals surface area contributed by atoms with E-state index in [1.165, 1.54) is 20.2 Å². The third-order valence-corrected chi connectivity index (χ3v) is 3.21. The molecule has 0 amide bonds. The van der Waals surface area contributed by atoms with E-state index in [9.17, 15) is 13.9 Å². The van der Waals surface area contributed by atoms with E-state index in [-0.39, 0.29) is 0 Å². The summed E-state index contributed by atoms with van der Waals surface area (Å²) >= 11 is 0. The van der Waals surface area contributed by atoms with Gasteiger partial charge in [-0.25, -0.2) is 8.78 Å². The second-order valence-electron chi connectivity index (χ2n) is 4.42. The van der Waals surface area contributed by atoms with Crippen molar-refractivity contribution in [3.05, 3.63) is 36.1 Å². The molecule has 5 heteroatoms. The number of aliphatic hydroxyl groups is 1. The number of nitrogens with one attached hydrogen (secondary N) is 1. The number of benzene rings is 1. The van der Waals surface area contributed by atoms with Crippen LogP contribution in [0.2, 0.25) is 0 Å². The van der Waals surface area contributed by atoms with Gasteiger partial charge in [-0.2, -0.15) is 0 Å². The van der Waals surface area contributed by atoms with Crippen LogP contribution in [0.4, 0.5) is 8.78 Å². The first-order valence-electron chi connectivity index (χ1n) is 5.62. The number of furan rings is 1. The topological polar surface area (TPSA) is 45.4 Å². The first-order chi connectivity index (χ1) is 8.46. The van der Waals surface area contributed by atoms with Gasteiger partial charge in [-0.05, 0) is 31.7 Å². The number of alkyl halides is 2. The van der Waals surface area contributed by atoms with Crippen molar-refractivity contribution in [1.29, 1.82) is 0 Å². The number of likely N-dealkylation sites (N-methyl/N-ethyl adjacent to an activating group) is 1. The molecular formula is C13H15F2NO2. The maximum Gasteiger partial charge on any atom is 0.256 e. The molecule has 98 valence electrons. The van der Waals surface area contributed by atoms with E-state index in [0.29, 0.717) is 11.1 Å². The predicted octanol–water partition coefficient (Wildman–Crippen LogP) is 2.49. The number of rotatable bonds is 4. The van der Waals surface area contributed by atoms with E-state index in [2.05, 4.69) is 5.32 Å². The molecule has 2 unspecified atom stereocenters. The van der Waals surface area contributed by atoms with Crippen LogP contribution in [0.1, 0.15) is 12.5 Å². The summed E-state index contributed by atoms with van der Waals surface area (Å²) in [4.78, 5) is 0. The molecule has 2 atom stereocenters. The van der Waals surface area contributed by atoms with E-state index < -0.39 is 18.1 Å². The van der Waals surface area contributed by atoms with Crippen LogP contribution >= 0.6 is 0 Å². The Morgan fingerprint density at radius 1 is 1.33 bits per heavy atom. The molecule has 2 N–H and O–H groups in total. The van der Waals surface area contributed by atoms with Crippen molar-refractivity contribution >= 4 is 11.0 Å². The minimum absolute atomic E-state index is 0.393. The lowest BCUT2D eigenvalue weighted by molar-refractivity contribution is -0.0484. The van der Waals surface area contributed by atoms with E-state index in [4.69, 9.17) is 4.42 Å². The third kappa shape index (κ3) is 2.11. The highest BCUT2D eigenvalue weighted by Gasteiger charge is 2.39. The maximum atomic E-state index is 12.9. The highest BCUT2D eigenvalue weighted by molar-refractivity contribution is 5.77. The van der Waals surface area contributed by atoms with Crippen molar-refractivity contribution in [1.82, 2.24) is 5.32 Å². The molecule has 0 bridgehead atoms. The summed E-state index contributed by atoms with van der Waals surface area (Å²) in [5.74, 6) is 0. The van der Waals surface area contributed by atoms with Gasteiger partial charge in [0.2, 0.25) is 0 Å². The molecule has 0 spiro atoms. The molecule has 0 radical (unpaired) electrons. The Kier molecular flexibility index (Phi) is 3.36. The molecule has 1 aromatic heterocycles. The van der Waals surface area contributed by atoms with Crippen LogP contribution in [0.3, 0.4) is 0 Å². The summed E-state index contributed by atoms with van der Waals surface area (Å²) in [6, 6.07) is 5.38. The lowest BCUT2D eigenvalue weighted by atomic mass is 9.88. The zero-order chi connectivity index (χ0) is 13.3. The second kappa shape index (κ2) is 4.66. The van der Waals surface area contributed by atoms with Gasteiger partial charge in [-0.15, -0.1) is 0 Å². The molecule has 2 aromatic rings. The van der Waals surface area contributed by atoms with E-state index in [1.807, 2.05) is 0 Å². The molecule has 0 aliphatic heterocycles. The predicted molar refractivity (Wildman–Crippen MR) is 64.6 cm³/mol. The Bertz CT molecular complexity index is 537. The summed E-state index contributed by atoms with van der Waals surface area (Å²) in [5, 5.41) is 13.6. The van der Waals surface area contributed by atoms with Crippen molar-refractivity contribution in [2.45, 2.75) is 25.0 Å². The Balaban J connectivity index is 2.44. The molecule has 2 rings (SSSR count). The fraction of sp³-hybridized carbons (Fsp3) is 0.385. The van der Waals surface area contributed by atoms with Crippen LogP contribution in [0.25, 0.3) is 11.0 Å². The van der Waals surface area contributed by atoms with Crippen molar-refractivity contribution in [2.75, 3.05) is 7.05 Å². The Hall–Kier alpha value is -1.46. The summed E-state index contributed by atoms with van der Waals surface area (Å²) in [5.41, 5.74) is -0.717. The van der Waals surface area contributed by atoms with Gasteiger partial charge in [0.15, 0.2) is 0 Å². The molecule has 1 heterocycles.